The minimum Gasteiger partial charge on any atom is -0.497 e. The lowest BCUT2D eigenvalue weighted by atomic mass is 10.0. The number of hydrogen-bond donors (Lipinski definition) is 1. The molecular formula is C18H24N2O. The van der Waals surface area contributed by atoms with Gasteiger partial charge in [-0.1, -0.05) is 25.1 Å². The predicted octanol–water partition coefficient (Wildman–Crippen LogP) is 4.13. The molecule has 3 heteroatoms. The maximum Gasteiger partial charge on any atom is 0.119 e. The second-order valence-electron chi connectivity index (χ2n) is 5.10. The fourth-order valence-electron chi connectivity index (χ4n) is 2.52. The van der Waals surface area contributed by atoms with Crippen molar-refractivity contribution in [3.63, 3.8) is 0 Å². The number of para-hydroxylation sites is 1. The van der Waals surface area contributed by atoms with Gasteiger partial charge in [0.05, 0.1) is 7.11 Å². The van der Waals surface area contributed by atoms with Gasteiger partial charge in [-0.15, -0.1) is 0 Å². The molecule has 0 aliphatic heterocycles. The standard InChI is InChI=1S/C18H24N2O/c1-5-19-14(2)17-8-6-7-9-18(17)20(3)15-10-12-16(21-4)13-11-15/h6-14,19H,5H2,1-4H3. The summed E-state index contributed by atoms with van der Waals surface area (Å²) in [6.45, 7) is 5.29. The molecule has 112 valence electrons. The molecule has 2 aromatic rings. The number of benzene rings is 2. The molecule has 0 saturated carbocycles. The molecule has 2 rings (SSSR count). The van der Waals surface area contributed by atoms with E-state index in [1.165, 1.54) is 11.3 Å². The van der Waals surface area contributed by atoms with E-state index in [0.29, 0.717) is 6.04 Å². The molecule has 2 aromatic carbocycles. The lowest BCUT2D eigenvalue weighted by Crippen LogP contribution is -2.21. The van der Waals surface area contributed by atoms with Crippen molar-refractivity contribution in [1.29, 1.82) is 0 Å². The van der Waals surface area contributed by atoms with Gasteiger partial charge in [-0.05, 0) is 49.4 Å². The zero-order valence-corrected chi connectivity index (χ0v) is 13.3. The Morgan fingerprint density at radius 1 is 1.10 bits per heavy atom. The monoisotopic (exact) mass is 284 g/mol. The van der Waals surface area contributed by atoms with E-state index in [9.17, 15) is 0 Å². The molecule has 1 unspecified atom stereocenters. The first kappa shape index (κ1) is 15.4. The van der Waals surface area contributed by atoms with Crippen LogP contribution in [-0.2, 0) is 0 Å². The maximum absolute atomic E-state index is 5.22. The summed E-state index contributed by atoms with van der Waals surface area (Å²) in [5.74, 6) is 0.876. The molecule has 0 fully saturated rings. The topological polar surface area (TPSA) is 24.5 Å². The van der Waals surface area contributed by atoms with Crippen LogP contribution in [0.1, 0.15) is 25.5 Å². The second-order valence-corrected chi connectivity index (χ2v) is 5.10. The predicted molar refractivity (Wildman–Crippen MR) is 89.6 cm³/mol. The van der Waals surface area contributed by atoms with Crippen LogP contribution in [0.2, 0.25) is 0 Å². The second kappa shape index (κ2) is 7.14. The number of hydrogen-bond acceptors (Lipinski definition) is 3. The van der Waals surface area contributed by atoms with Crippen molar-refractivity contribution in [2.24, 2.45) is 0 Å². The van der Waals surface area contributed by atoms with Gasteiger partial charge in [0.2, 0.25) is 0 Å². The van der Waals surface area contributed by atoms with Gasteiger partial charge >= 0.3 is 0 Å². The van der Waals surface area contributed by atoms with Gasteiger partial charge in [0.15, 0.2) is 0 Å². The van der Waals surface area contributed by atoms with Crippen molar-refractivity contribution in [2.75, 3.05) is 25.6 Å². The van der Waals surface area contributed by atoms with Crippen LogP contribution in [0.3, 0.4) is 0 Å². The summed E-state index contributed by atoms with van der Waals surface area (Å²) >= 11 is 0. The fourth-order valence-corrected chi connectivity index (χ4v) is 2.52. The van der Waals surface area contributed by atoms with Gasteiger partial charge in [-0.3, -0.25) is 0 Å². The zero-order chi connectivity index (χ0) is 15.2. The number of methoxy groups -OCH3 is 1. The zero-order valence-electron chi connectivity index (χ0n) is 13.3. The Morgan fingerprint density at radius 3 is 2.38 bits per heavy atom. The van der Waals surface area contributed by atoms with E-state index in [0.717, 1.165) is 18.0 Å². The number of anilines is 2. The Balaban J connectivity index is 2.31. The molecule has 1 atom stereocenters. The summed E-state index contributed by atoms with van der Waals surface area (Å²) in [7, 11) is 3.78. The third-order valence-electron chi connectivity index (χ3n) is 3.73. The van der Waals surface area contributed by atoms with Crippen LogP contribution < -0.4 is 15.0 Å². The Bertz CT molecular complexity index is 566. The van der Waals surface area contributed by atoms with Crippen LogP contribution in [-0.4, -0.2) is 20.7 Å². The van der Waals surface area contributed by atoms with Crippen LogP contribution in [0.25, 0.3) is 0 Å². The van der Waals surface area contributed by atoms with E-state index in [1.807, 2.05) is 12.1 Å². The highest BCUT2D eigenvalue weighted by Gasteiger charge is 2.13. The van der Waals surface area contributed by atoms with Crippen molar-refractivity contribution in [1.82, 2.24) is 5.32 Å². The van der Waals surface area contributed by atoms with Gasteiger partial charge < -0.3 is 15.0 Å². The lowest BCUT2D eigenvalue weighted by Gasteiger charge is -2.25. The molecule has 0 radical (unpaired) electrons. The quantitative estimate of drug-likeness (QED) is 0.863. The molecule has 0 spiro atoms. The SMILES string of the molecule is CCNC(C)c1ccccc1N(C)c1ccc(OC)cc1. The number of ether oxygens (including phenoxy) is 1. The third kappa shape index (κ3) is 3.56. The molecule has 1 N–H and O–H groups in total. The van der Waals surface area contributed by atoms with Gasteiger partial charge in [-0.2, -0.15) is 0 Å². The Hall–Kier alpha value is -2.00. The van der Waals surface area contributed by atoms with E-state index in [4.69, 9.17) is 4.74 Å². The maximum atomic E-state index is 5.22. The molecule has 0 aromatic heterocycles. The smallest absolute Gasteiger partial charge is 0.119 e. The van der Waals surface area contributed by atoms with Gasteiger partial charge in [-0.25, -0.2) is 0 Å². The lowest BCUT2D eigenvalue weighted by molar-refractivity contribution is 0.415. The average molecular weight is 284 g/mol. The molecule has 0 amide bonds. The first-order valence-corrected chi connectivity index (χ1v) is 7.37. The van der Waals surface area contributed by atoms with Crippen molar-refractivity contribution in [2.45, 2.75) is 19.9 Å². The van der Waals surface area contributed by atoms with E-state index < -0.39 is 0 Å². The highest BCUT2D eigenvalue weighted by molar-refractivity contribution is 5.66. The number of nitrogens with zero attached hydrogens (tertiary/aromatic N) is 1. The molecular weight excluding hydrogens is 260 g/mol. The minimum atomic E-state index is 0.326. The number of rotatable bonds is 6. The van der Waals surface area contributed by atoms with Gasteiger partial charge in [0.1, 0.15) is 5.75 Å². The molecule has 21 heavy (non-hydrogen) atoms. The fraction of sp³-hybridized carbons (Fsp3) is 0.333. The Labute approximate surface area is 127 Å². The van der Waals surface area contributed by atoms with Crippen LogP contribution in [0.5, 0.6) is 5.75 Å². The number of nitrogens with one attached hydrogen (secondary N) is 1. The highest BCUT2D eigenvalue weighted by Crippen LogP contribution is 2.31. The third-order valence-corrected chi connectivity index (χ3v) is 3.73. The average Bonchev–Trinajstić information content (AvgIpc) is 2.54. The van der Waals surface area contributed by atoms with Gasteiger partial charge in [0, 0.05) is 24.5 Å². The van der Waals surface area contributed by atoms with Crippen LogP contribution >= 0.6 is 0 Å². The summed E-state index contributed by atoms with van der Waals surface area (Å²) in [6, 6.07) is 17.0. The van der Waals surface area contributed by atoms with E-state index in [-0.39, 0.29) is 0 Å². The highest BCUT2D eigenvalue weighted by atomic mass is 16.5. The molecule has 0 bridgehead atoms. The minimum absolute atomic E-state index is 0.326. The first-order valence-electron chi connectivity index (χ1n) is 7.37. The summed E-state index contributed by atoms with van der Waals surface area (Å²) in [6.07, 6.45) is 0. The largest absolute Gasteiger partial charge is 0.497 e. The first-order chi connectivity index (χ1) is 10.2. The summed E-state index contributed by atoms with van der Waals surface area (Å²) in [5.41, 5.74) is 3.67. The summed E-state index contributed by atoms with van der Waals surface area (Å²) < 4.78 is 5.22. The van der Waals surface area contributed by atoms with Gasteiger partial charge in [0.25, 0.3) is 0 Å². The van der Waals surface area contributed by atoms with E-state index >= 15 is 0 Å². The molecule has 0 aliphatic rings. The Kier molecular flexibility index (Phi) is 5.23. The summed E-state index contributed by atoms with van der Waals surface area (Å²) in [5, 5.41) is 3.48. The van der Waals surface area contributed by atoms with E-state index in [2.05, 4.69) is 67.5 Å². The van der Waals surface area contributed by atoms with Crippen molar-refractivity contribution in [3.8, 4) is 5.75 Å². The van der Waals surface area contributed by atoms with Crippen LogP contribution in [0.15, 0.2) is 48.5 Å². The van der Waals surface area contributed by atoms with Crippen LogP contribution in [0, 0.1) is 0 Å². The van der Waals surface area contributed by atoms with Crippen LogP contribution in [0.4, 0.5) is 11.4 Å². The van der Waals surface area contributed by atoms with Crippen molar-refractivity contribution >= 4 is 11.4 Å². The summed E-state index contributed by atoms with van der Waals surface area (Å²) in [4.78, 5) is 2.21. The molecule has 0 heterocycles. The molecule has 0 aliphatic carbocycles. The van der Waals surface area contributed by atoms with E-state index in [1.54, 1.807) is 7.11 Å². The molecule has 3 nitrogen and oxygen atoms in total. The van der Waals surface area contributed by atoms with Crippen molar-refractivity contribution in [3.05, 3.63) is 54.1 Å². The molecule has 0 saturated heterocycles. The normalized spacial score (nSPS) is 12.0. The Morgan fingerprint density at radius 2 is 1.76 bits per heavy atom. The van der Waals surface area contributed by atoms with Crippen molar-refractivity contribution < 1.29 is 4.74 Å².